The fourth-order valence-electron chi connectivity index (χ4n) is 5.04. The predicted molar refractivity (Wildman–Crippen MR) is 143 cm³/mol. The van der Waals surface area contributed by atoms with Gasteiger partial charge >= 0.3 is 12.3 Å². The zero-order chi connectivity index (χ0) is 26.6. The number of nitrogens with one attached hydrogen (secondary N) is 1. The number of fused-ring (bicyclic) bond motifs is 4. The third-order valence-electron chi connectivity index (χ3n) is 6.91. The van der Waals surface area contributed by atoms with Crippen LogP contribution in [0.5, 0.6) is 0 Å². The number of ether oxygens (including phenoxy) is 1. The van der Waals surface area contributed by atoms with Crippen molar-refractivity contribution < 1.29 is 22.7 Å². The van der Waals surface area contributed by atoms with Gasteiger partial charge in [0.05, 0.1) is 41.0 Å². The lowest BCUT2D eigenvalue weighted by molar-refractivity contribution is -0.137. The second-order valence-corrected chi connectivity index (χ2v) is 11.4. The van der Waals surface area contributed by atoms with Crippen molar-refractivity contribution in [3.05, 3.63) is 86.9 Å². The van der Waals surface area contributed by atoms with Crippen molar-refractivity contribution in [2.24, 2.45) is 4.99 Å². The minimum absolute atomic E-state index is 0.152. The van der Waals surface area contributed by atoms with E-state index in [-0.39, 0.29) is 17.1 Å². The summed E-state index contributed by atoms with van der Waals surface area (Å²) in [7, 11) is -0.230. The van der Waals surface area contributed by atoms with Gasteiger partial charge in [0.25, 0.3) is 0 Å². The number of para-hydroxylation sites is 1. The maximum absolute atomic E-state index is 13.2. The molecule has 0 spiro atoms. The van der Waals surface area contributed by atoms with Gasteiger partial charge < -0.3 is 9.64 Å². The van der Waals surface area contributed by atoms with Gasteiger partial charge in [0.2, 0.25) is 0 Å². The summed E-state index contributed by atoms with van der Waals surface area (Å²) in [6.45, 7) is 1.28. The first-order valence-corrected chi connectivity index (χ1v) is 13.9. The van der Waals surface area contributed by atoms with E-state index in [0.717, 1.165) is 28.4 Å². The Balaban J connectivity index is 1.27. The molecule has 2 atom stereocenters. The summed E-state index contributed by atoms with van der Waals surface area (Å²) < 4.78 is 44.1. The first-order valence-electron chi connectivity index (χ1n) is 11.8. The first-order chi connectivity index (χ1) is 18.2. The van der Waals surface area contributed by atoms with Gasteiger partial charge in [-0.15, -0.1) is 10.5 Å². The quantitative estimate of drug-likeness (QED) is 0.523. The maximum Gasteiger partial charge on any atom is 0.426 e. The molecule has 7 nitrogen and oxygen atoms in total. The van der Waals surface area contributed by atoms with Crippen molar-refractivity contribution in [1.82, 2.24) is 15.3 Å². The molecule has 198 valence electrons. The van der Waals surface area contributed by atoms with Crippen LogP contribution in [0.1, 0.15) is 11.1 Å². The van der Waals surface area contributed by atoms with Gasteiger partial charge in [0.1, 0.15) is 12.8 Å². The van der Waals surface area contributed by atoms with E-state index in [1.807, 2.05) is 30.5 Å². The zero-order valence-corrected chi connectivity index (χ0v) is 21.8. The molecule has 1 saturated heterocycles. The molecule has 0 aliphatic carbocycles. The number of hydrogen-bond donors (Lipinski definition) is 1. The smallest absolute Gasteiger partial charge is 0.426 e. The van der Waals surface area contributed by atoms with Crippen molar-refractivity contribution >= 4 is 45.1 Å². The molecule has 2 aromatic carbocycles. The molecule has 6 rings (SSSR count). The van der Waals surface area contributed by atoms with Crippen molar-refractivity contribution in [3.63, 3.8) is 0 Å². The Morgan fingerprint density at radius 1 is 1.21 bits per heavy atom. The highest BCUT2D eigenvalue weighted by atomic mass is 35.5. The number of allylic oxidation sites excluding steroid dienone is 1. The molecule has 0 aromatic heterocycles. The number of hydrazine groups is 1. The second-order valence-electron chi connectivity index (χ2n) is 9.16. The van der Waals surface area contributed by atoms with Gasteiger partial charge in [0.15, 0.2) is 0 Å². The number of amides is 1. The monoisotopic (exact) mass is 561 g/mol. The summed E-state index contributed by atoms with van der Waals surface area (Å²) in [6.07, 6.45) is 0.750. The number of benzene rings is 2. The van der Waals surface area contributed by atoms with Crippen LogP contribution >= 0.6 is 22.1 Å². The fraction of sp³-hybridized carbons (Fsp3) is 0.269. The summed E-state index contributed by atoms with van der Waals surface area (Å²) in [4.78, 5) is 24.3. The van der Waals surface area contributed by atoms with E-state index in [2.05, 4.69) is 32.7 Å². The molecule has 12 heteroatoms. The van der Waals surface area contributed by atoms with Crippen molar-refractivity contribution in [3.8, 4) is 0 Å². The molecule has 2 aromatic rings. The Kier molecular flexibility index (Phi) is 6.34. The Morgan fingerprint density at radius 2 is 1.97 bits per heavy atom. The Bertz CT molecular complexity index is 1440. The van der Waals surface area contributed by atoms with Crippen molar-refractivity contribution in [2.75, 3.05) is 30.9 Å². The van der Waals surface area contributed by atoms with Crippen LogP contribution < -0.4 is 10.3 Å². The average molecular weight is 562 g/mol. The van der Waals surface area contributed by atoms with Crippen molar-refractivity contribution in [1.29, 1.82) is 0 Å². The van der Waals surface area contributed by atoms with Gasteiger partial charge in [0, 0.05) is 22.9 Å². The third-order valence-corrected chi connectivity index (χ3v) is 9.27. The van der Waals surface area contributed by atoms with Crippen LogP contribution in [-0.4, -0.2) is 59.4 Å². The molecule has 0 saturated carbocycles. The summed E-state index contributed by atoms with van der Waals surface area (Å²) in [5.74, 6) is 0. The van der Waals surface area contributed by atoms with Crippen LogP contribution in [0.4, 0.5) is 23.7 Å². The van der Waals surface area contributed by atoms with E-state index in [1.54, 1.807) is 0 Å². The number of anilines is 1. The highest BCUT2D eigenvalue weighted by Crippen LogP contribution is 2.45. The molecule has 1 fully saturated rings. The number of hydrogen-bond acceptors (Lipinski definition) is 6. The number of aliphatic imine (C=N–C) groups is 1. The van der Waals surface area contributed by atoms with Gasteiger partial charge in [-0.25, -0.2) is 20.1 Å². The highest BCUT2D eigenvalue weighted by molar-refractivity contribution is 8.20. The van der Waals surface area contributed by atoms with Crippen LogP contribution in [-0.2, 0) is 17.5 Å². The minimum atomic E-state index is -4.42. The Morgan fingerprint density at radius 3 is 2.71 bits per heavy atom. The van der Waals surface area contributed by atoms with Crippen LogP contribution in [0.15, 0.2) is 75.8 Å². The topological polar surface area (TPSA) is 60.4 Å². The van der Waals surface area contributed by atoms with E-state index in [9.17, 15) is 18.0 Å². The summed E-state index contributed by atoms with van der Waals surface area (Å²) in [6, 6.07) is 12.1. The summed E-state index contributed by atoms with van der Waals surface area (Å²) in [5.41, 5.74) is 5.96. The first kappa shape index (κ1) is 25.2. The Hall–Kier alpha value is -3.12. The fourth-order valence-corrected chi connectivity index (χ4v) is 7.31. The number of carbonyl (C=O) groups is 1. The van der Waals surface area contributed by atoms with Gasteiger partial charge in [-0.05, 0) is 41.7 Å². The molecule has 1 amide bonds. The molecule has 4 heterocycles. The van der Waals surface area contributed by atoms with E-state index >= 15 is 0 Å². The van der Waals surface area contributed by atoms with E-state index < -0.39 is 24.0 Å². The lowest BCUT2D eigenvalue weighted by atomic mass is 10.1. The van der Waals surface area contributed by atoms with E-state index in [0.29, 0.717) is 30.3 Å². The van der Waals surface area contributed by atoms with E-state index in [4.69, 9.17) is 16.3 Å². The maximum atomic E-state index is 13.2. The molecular weight excluding hydrogens is 539 g/mol. The van der Waals surface area contributed by atoms with Crippen LogP contribution in [0.3, 0.4) is 0 Å². The zero-order valence-electron chi connectivity index (χ0n) is 20.2. The van der Waals surface area contributed by atoms with Crippen LogP contribution in [0.2, 0.25) is 5.02 Å². The molecule has 0 radical (unpaired) electrons. The van der Waals surface area contributed by atoms with Crippen LogP contribution in [0.25, 0.3) is 0 Å². The predicted octanol–water partition coefficient (Wildman–Crippen LogP) is 5.19. The number of rotatable bonds is 3. The molecule has 1 N–H and O–H groups in total. The summed E-state index contributed by atoms with van der Waals surface area (Å²) >= 11 is 6.57. The summed E-state index contributed by atoms with van der Waals surface area (Å²) in [5, 5.41) is 2.04. The second kappa shape index (κ2) is 9.57. The molecule has 4 aliphatic rings. The average Bonchev–Trinajstić information content (AvgIpc) is 3.56. The van der Waals surface area contributed by atoms with E-state index in [1.165, 1.54) is 27.6 Å². The van der Waals surface area contributed by atoms with Crippen LogP contribution in [0, 0.1) is 0 Å². The van der Waals surface area contributed by atoms with Crippen molar-refractivity contribution in [2.45, 2.75) is 18.9 Å². The van der Waals surface area contributed by atoms with Gasteiger partial charge in [-0.3, -0.25) is 4.99 Å². The lowest BCUT2D eigenvalue weighted by Gasteiger charge is -2.31. The number of nitrogens with zero attached hydrogens (tertiary/aromatic N) is 4. The third kappa shape index (κ3) is 4.33. The number of halogens is 4. The SMILES string of the molecule is CS1=C2C(=CN(c3ccccc3Cl)CC3N2CNN3C(=O)OCc2ccc(C(F)(F)F)cc2)C2=C1C=NC2. The normalized spacial score (nSPS) is 22.9. The molecule has 2 unspecified atom stereocenters. The van der Waals surface area contributed by atoms with Gasteiger partial charge in [-0.1, -0.05) is 35.9 Å². The van der Waals surface area contributed by atoms with Gasteiger partial charge in [-0.2, -0.15) is 13.2 Å². The standard InChI is InChI=1S/C26H23ClF3N5O2S/c1-38-22-11-31-10-18(22)19-12-33(21-5-3-2-4-20(21)27)13-23-34(24(19)38)15-32-35(23)25(36)37-14-16-6-8-17(9-7-16)26(28,29)30/h2-9,11-12,23,32H,10,13-15H2,1H3. The number of alkyl halides is 3. The highest BCUT2D eigenvalue weighted by Gasteiger charge is 2.45. The lowest BCUT2D eigenvalue weighted by Crippen LogP contribution is -2.50. The Labute approximate surface area is 224 Å². The number of carbonyl (C=O) groups excluding carboxylic acids is 1. The molecule has 4 aliphatic heterocycles. The molecule has 38 heavy (non-hydrogen) atoms. The largest absolute Gasteiger partial charge is 0.444 e. The molecular formula is C26H23ClF3N5O2S. The minimum Gasteiger partial charge on any atom is -0.444 e. The molecule has 0 bridgehead atoms.